The van der Waals surface area contributed by atoms with Crippen molar-refractivity contribution in [3.8, 4) is 0 Å². The number of hydrogen-bond acceptors (Lipinski definition) is 2. The molecule has 3 heteroatoms. The zero-order valence-electron chi connectivity index (χ0n) is 15.1. The summed E-state index contributed by atoms with van der Waals surface area (Å²) >= 11 is 1.75. The molecule has 2 heterocycles. The Morgan fingerprint density at radius 3 is 2.78 bits per heavy atom. The van der Waals surface area contributed by atoms with Crippen LogP contribution < -0.4 is 0 Å². The first-order valence-corrected chi connectivity index (χ1v) is 10.4. The quantitative estimate of drug-likeness (QED) is 0.373. The van der Waals surface area contributed by atoms with Gasteiger partial charge in [0.05, 0.1) is 6.10 Å². The molecule has 0 bridgehead atoms. The van der Waals surface area contributed by atoms with Crippen LogP contribution in [0.2, 0.25) is 0 Å². The average Bonchev–Trinajstić information content (AvgIpc) is 3.09. The lowest BCUT2D eigenvalue weighted by molar-refractivity contribution is 0.0158. The number of fused-ring (bicyclic) bond motifs is 2. The molecule has 0 saturated carbocycles. The van der Waals surface area contributed by atoms with Crippen molar-refractivity contribution in [3.63, 3.8) is 0 Å². The third-order valence-corrected chi connectivity index (χ3v) is 6.50. The highest BCUT2D eigenvalue weighted by atomic mass is 32.1. The molecule has 136 valence electrons. The van der Waals surface area contributed by atoms with Gasteiger partial charge in [-0.05, 0) is 70.8 Å². The number of ether oxygens (including phenoxy) is 1. The molecular formula is C24H21FOS. The number of thiophene rings is 1. The van der Waals surface area contributed by atoms with E-state index in [9.17, 15) is 4.39 Å². The number of rotatable bonds is 3. The van der Waals surface area contributed by atoms with E-state index in [0.717, 1.165) is 36.0 Å². The van der Waals surface area contributed by atoms with Gasteiger partial charge in [0.15, 0.2) is 0 Å². The first-order chi connectivity index (χ1) is 13.3. The summed E-state index contributed by atoms with van der Waals surface area (Å²) in [4.78, 5) is 1.27. The van der Waals surface area contributed by atoms with Crippen LogP contribution in [0.15, 0.2) is 60.7 Å². The zero-order valence-corrected chi connectivity index (χ0v) is 15.9. The second-order valence-corrected chi connectivity index (χ2v) is 8.50. The summed E-state index contributed by atoms with van der Waals surface area (Å²) in [6, 6.07) is 20.4. The predicted molar refractivity (Wildman–Crippen MR) is 111 cm³/mol. The Labute approximate surface area is 162 Å². The molecule has 0 N–H and O–H groups in total. The van der Waals surface area contributed by atoms with Gasteiger partial charge in [-0.1, -0.05) is 36.4 Å². The van der Waals surface area contributed by atoms with E-state index in [4.69, 9.17) is 4.74 Å². The van der Waals surface area contributed by atoms with Crippen LogP contribution in [0, 0.1) is 5.82 Å². The van der Waals surface area contributed by atoms with E-state index in [2.05, 4.69) is 42.5 Å². The van der Waals surface area contributed by atoms with Gasteiger partial charge in [-0.2, -0.15) is 0 Å². The highest BCUT2D eigenvalue weighted by Gasteiger charge is 2.19. The number of benzene rings is 3. The van der Waals surface area contributed by atoms with Crippen molar-refractivity contribution in [3.05, 3.63) is 82.5 Å². The van der Waals surface area contributed by atoms with E-state index < -0.39 is 0 Å². The van der Waals surface area contributed by atoms with Crippen molar-refractivity contribution < 1.29 is 9.13 Å². The molecule has 27 heavy (non-hydrogen) atoms. The van der Waals surface area contributed by atoms with E-state index in [1.54, 1.807) is 17.4 Å². The minimum atomic E-state index is -0.172. The third-order valence-electron chi connectivity index (χ3n) is 5.39. The van der Waals surface area contributed by atoms with Crippen molar-refractivity contribution in [2.45, 2.75) is 31.8 Å². The Kier molecular flexibility index (Phi) is 4.42. The van der Waals surface area contributed by atoms with Crippen LogP contribution in [-0.2, 0) is 11.2 Å². The monoisotopic (exact) mass is 376 g/mol. The summed E-state index contributed by atoms with van der Waals surface area (Å²) in [5.41, 5.74) is 2.61. The van der Waals surface area contributed by atoms with Gasteiger partial charge in [0, 0.05) is 22.6 Å². The third kappa shape index (κ3) is 3.38. The summed E-state index contributed by atoms with van der Waals surface area (Å²) in [6.07, 6.45) is 4.54. The maximum atomic E-state index is 13.5. The van der Waals surface area contributed by atoms with Gasteiger partial charge in [0.25, 0.3) is 0 Å². The van der Waals surface area contributed by atoms with Crippen LogP contribution in [0.25, 0.3) is 20.9 Å². The molecule has 0 radical (unpaired) electrons. The van der Waals surface area contributed by atoms with Crippen LogP contribution >= 0.6 is 11.3 Å². The molecule has 5 rings (SSSR count). The fraction of sp³-hybridized carbons (Fsp3) is 0.250. The molecule has 4 aromatic rings. The Morgan fingerprint density at radius 2 is 1.89 bits per heavy atom. The molecule has 1 aliphatic rings. The van der Waals surface area contributed by atoms with Crippen molar-refractivity contribution in [2.75, 3.05) is 6.61 Å². The van der Waals surface area contributed by atoms with E-state index in [1.165, 1.54) is 39.3 Å². The first kappa shape index (κ1) is 16.9. The maximum Gasteiger partial charge on any atom is 0.123 e. The summed E-state index contributed by atoms with van der Waals surface area (Å²) in [6.45, 7) is 0.852. The Bertz CT molecular complexity index is 1110. The second-order valence-electron chi connectivity index (χ2n) is 7.33. The minimum absolute atomic E-state index is 0.172. The predicted octanol–water partition coefficient (Wildman–Crippen LogP) is 7.03. The molecule has 1 aromatic heterocycles. The standard InChI is InChI=1S/C24H21FOS/c25-19-8-9-24-18(14-19)15-20(27-24)12-16-11-17-5-1-2-6-21(17)22(13-16)23-7-3-4-10-26-23/h1-2,5-6,8-9,11,13-15,23H,3-4,7,10,12H2. The topological polar surface area (TPSA) is 9.23 Å². The fourth-order valence-corrected chi connectivity index (χ4v) is 5.20. The number of hydrogen-bond donors (Lipinski definition) is 0. The SMILES string of the molecule is Fc1ccc2sc(Cc3cc(C4CCCCO4)c4ccccc4c3)cc2c1. The largest absolute Gasteiger partial charge is 0.374 e. The molecule has 1 fully saturated rings. The molecule has 1 unspecified atom stereocenters. The lowest BCUT2D eigenvalue weighted by Gasteiger charge is -2.25. The molecule has 1 atom stereocenters. The van der Waals surface area contributed by atoms with Gasteiger partial charge in [0.1, 0.15) is 5.82 Å². The molecule has 1 nitrogen and oxygen atoms in total. The molecule has 3 aromatic carbocycles. The molecule has 1 aliphatic heterocycles. The van der Waals surface area contributed by atoms with Crippen LogP contribution in [-0.4, -0.2) is 6.61 Å². The average molecular weight is 376 g/mol. The van der Waals surface area contributed by atoms with Gasteiger partial charge in [0.2, 0.25) is 0 Å². The van der Waals surface area contributed by atoms with E-state index in [0.29, 0.717) is 0 Å². The van der Waals surface area contributed by atoms with E-state index in [-0.39, 0.29) is 11.9 Å². The molecule has 0 spiro atoms. The van der Waals surface area contributed by atoms with E-state index in [1.807, 2.05) is 6.07 Å². The first-order valence-electron chi connectivity index (χ1n) is 9.57. The molecule has 0 aliphatic carbocycles. The Hall–Kier alpha value is -2.23. The number of halogens is 1. The normalized spacial score (nSPS) is 17.6. The summed E-state index contributed by atoms with van der Waals surface area (Å²) in [7, 11) is 0. The van der Waals surface area contributed by atoms with Crippen molar-refractivity contribution in [2.24, 2.45) is 0 Å². The van der Waals surface area contributed by atoms with Crippen molar-refractivity contribution in [1.82, 2.24) is 0 Å². The lowest BCUT2D eigenvalue weighted by atomic mass is 9.92. The summed E-state index contributed by atoms with van der Waals surface area (Å²) in [5.74, 6) is -0.172. The van der Waals surface area contributed by atoms with Crippen molar-refractivity contribution in [1.29, 1.82) is 0 Å². The lowest BCUT2D eigenvalue weighted by Crippen LogP contribution is -2.12. The smallest absolute Gasteiger partial charge is 0.123 e. The summed E-state index contributed by atoms with van der Waals surface area (Å²) < 4.78 is 20.7. The molecule has 0 amide bonds. The van der Waals surface area contributed by atoms with Crippen LogP contribution in [0.3, 0.4) is 0 Å². The van der Waals surface area contributed by atoms with Gasteiger partial charge < -0.3 is 4.74 Å². The van der Waals surface area contributed by atoms with Gasteiger partial charge >= 0.3 is 0 Å². The highest BCUT2D eigenvalue weighted by Crippen LogP contribution is 2.35. The second kappa shape index (κ2) is 7.06. The van der Waals surface area contributed by atoms with Crippen LogP contribution in [0.4, 0.5) is 4.39 Å². The van der Waals surface area contributed by atoms with Crippen LogP contribution in [0.1, 0.15) is 41.4 Å². The van der Waals surface area contributed by atoms with E-state index >= 15 is 0 Å². The Morgan fingerprint density at radius 1 is 0.963 bits per heavy atom. The maximum absolute atomic E-state index is 13.5. The molecule has 1 saturated heterocycles. The minimum Gasteiger partial charge on any atom is -0.374 e. The van der Waals surface area contributed by atoms with Gasteiger partial charge in [-0.15, -0.1) is 11.3 Å². The Balaban J connectivity index is 1.55. The zero-order chi connectivity index (χ0) is 18.2. The fourth-order valence-electron chi connectivity index (χ4n) is 4.12. The van der Waals surface area contributed by atoms with Gasteiger partial charge in [-0.3, -0.25) is 0 Å². The van der Waals surface area contributed by atoms with Crippen LogP contribution in [0.5, 0.6) is 0 Å². The highest BCUT2D eigenvalue weighted by molar-refractivity contribution is 7.19. The summed E-state index contributed by atoms with van der Waals surface area (Å²) in [5, 5.41) is 3.56. The molecular weight excluding hydrogens is 355 g/mol. The van der Waals surface area contributed by atoms with Gasteiger partial charge in [-0.25, -0.2) is 4.39 Å². The van der Waals surface area contributed by atoms with Crippen molar-refractivity contribution >= 4 is 32.2 Å².